The second-order valence-electron chi connectivity index (χ2n) is 13.4. The van der Waals surface area contributed by atoms with Gasteiger partial charge in [-0.05, 0) is 19.9 Å². The lowest BCUT2D eigenvalue weighted by atomic mass is 9.78. The lowest BCUT2D eigenvalue weighted by Crippen LogP contribution is -2.46. The number of nitrogens with one attached hydrogen (secondary N) is 1. The van der Waals surface area contributed by atoms with E-state index in [0.29, 0.717) is 0 Å². The second kappa shape index (κ2) is 14.7. The van der Waals surface area contributed by atoms with Crippen LogP contribution in [0.25, 0.3) is 10.8 Å². The summed E-state index contributed by atoms with van der Waals surface area (Å²) >= 11 is 0. The first-order valence-electron chi connectivity index (χ1n) is 16.4. The average Bonchev–Trinajstić information content (AvgIpc) is 3.33. The van der Waals surface area contributed by atoms with Crippen molar-refractivity contribution in [3.63, 3.8) is 0 Å². The van der Waals surface area contributed by atoms with Crippen LogP contribution in [0.1, 0.15) is 64.4 Å². The molecule has 0 radical (unpaired) electrons. The van der Waals surface area contributed by atoms with Gasteiger partial charge in [-0.3, -0.25) is 14.4 Å². The van der Waals surface area contributed by atoms with Gasteiger partial charge in [-0.15, -0.1) is 0 Å². The molecule has 5 bridgehead atoms. The van der Waals surface area contributed by atoms with Gasteiger partial charge in [-0.1, -0.05) is 45.9 Å². The highest BCUT2D eigenvalue weighted by Crippen LogP contribution is 2.53. The highest BCUT2D eigenvalue weighted by molar-refractivity contribution is 6.21. The van der Waals surface area contributed by atoms with Crippen molar-refractivity contribution in [3.8, 4) is 23.0 Å². The normalized spacial score (nSPS) is 32.6. The Kier molecular flexibility index (Phi) is 11.2. The zero-order valence-corrected chi connectivity index (χ0v) is 29.7. The number of amides is 1. The first kappa shape index (κ1) is 38.2. The molecule has 272 valence electrons. The molecule has 5 rings (SSSR count). The third-order valence-corrected chi connectivity index (χ3v) is 9.84. The van der Waals surface area contributed by atoms with Crippen LogP contribution in [0, 0.1) is 30.6 Å². The van der Waals surface area contributed by atoms with Crippen molar-refractivity contribution in [2.75, 3.05) is 12.4 Å². The van der Waals surface area contributed by atoms with Crippen LogP contribution in [0.4, 0.5) is 5.69 Å². The summed E-state index contributed by atoms with van der Waals surface area (Å²) < 4.78 is 23.2. The monoisotopic (exact) mass is 697 g/mol. The van der Waals surface area contributed by atoms with Crippen molar-refractivity contribution >= 4 is 34.1 Å². The van der Waals surface area contributed by atoms with E-state index in [4.69, 9.17) is 18.9 Å². The standard InChI is InChI=1S/C37H47NO12/c1-16-11-10-12-17(2)36(46)38-23-15-24(40)26-27(32(23)44)31(43)21(6)34-28(26)35(45)37(8,50-34)48-14-13-25(47-9)18(3)33(49-22(7)39)20(5)30(42)19(4)29(16)41/h10-16,18-20,25,29-30,33,40-44H,1-9H3,(H,38,46)/b11-10-,14-13?,17-12-. The Morgan fingerprint density at radius 1 is 0.940 bits per heavy atom. The molecule has 13 nitrogen and oxygen atoms in total. The number of ether oxygens (including phenoxy) is 4. The maximum Gasteiger partial charge on any atom is 0.312 e. The fraction of sp³-hybridized carbons (Fsp3) is 0.486. The van der Waals surface area contributed by atoms with E-state index < -0.39 is 88.8 Å². The van der Waals surface area contributed by atoms with Gasteiger partial charge in [-0.25, -0.2) is 0 Å². The summed E-state index contributed by atoms with van der Waals surface area (Å²) in [5.41, 5.74) is -0.0929. The summed E-state index contributed by atoms with van der Waals surface area (Å²) in [7, 11) is 1.43. The summed E-state index contributed by atoms with van der Waals surface area (Å²) in [5, 5.41) is 58.2. The number of carbonyl (C=O) groups is 3. The molecule has 0 saturated heterocycles. The van der Waals surface area contributed by atoms with Gasteiger partial charge >= 0.3 is 11.8 Å². The van der Waals surface area contributed by atoms with E-state index in [1.807, 2.05) is 0 Å². The van der Waals surface area contributed by atoms with Crippen LogP contribution in [-0.2, 0) is 23.8 Å². The minimum Gasteiger partial charge on any atom is -0.507 e. The van der Waals surface area contributed by atoms with E-state index in [-0.39, 0.29) is 38.9 Å². The van der Waals surface area contributed by atoms with Crippen LogP contribution in [0.15, 0.2) is 42.2 Å². The number of aliphatic hydroxyl groups excluding tert-OH is 2. The number of carbonyl (C=O) groups excluding carboxylic acids is 3. The SMILES string of the molecule is COC1C=COC2(C)Oc3c(C)c(O)c4c(O)c(cc(O)c4c3C2=O)NC(=O)/C(C)=C\C=C/C(C)C(O)C(C)C(O)C(C)C(OC(C)=O)C1C. The minimum absolute atomic E-state index is 0.0709. The zero-order chi connectivity index (χ0) is 37.4. The van der Waals surface area contributed by atoms with E-state index in [9.17, 15) is 39.9 Å². The highest BCUT2D eigenvalue weighted by Gasteiger charge is 2.49. The first-order chi connectivity index (χ1) is 23.4. The predicted octanol–water partition coefficient (Wildman–Crippen LogP) is 4.75. The molecular weight excluding hydrogens is 650 g/mol. The van der Waals surface area contributed by atoms with Gasteiger partial charge in [-0.2, -0.15) is 0 Å². The Labute approximate surface area is 290 Å². The summed E-state index contributed by atoms with van der Waals surface area (Å²) in [6.45, 7) is 12.5. The van der Waals surface area contributed by atoms with Gasteiger partial charge in [0.1, 0.15) is 23.4 Å². The molecule has 0 spiro atoms. The molecule has 3 heterocycles. The van der Waals surface area contributed by atoms with Gasteiger partial charge in [0.25, 0.3) is 11.7 Å². The quantitative estimate of drug-likeness (QED) is 0.143. The second-order valence-corrected chi connectivity index (χ2v) is 13.4. The number of methoxy groups -OCH3 is 1. The van der Waals surface area contributed by atoms with Crippen LogP contribution in [-0.4, -0.2) is 80.5 Å². The molecular formula is C37H47NO12. The van der Waals surface area contributed by atoms with Crippen molar-refractivity contribution in [3.05, 3.63) is 53.3 Å². The fourth-order valence-electron chi connectivity index (χ4n) is 6.65. The number of phenolic OH excluding ortho intramolecular Hbond substituents is 3. The number of rotatable bonds is 2. The number of benzene rings is 2. The number of anilines is 1. The van der Waals surface area contributed by atoms with Crippen LogP contribution in [0.5, 0.6) is 23.0 Å². The topological polar surface area (TPSA) is 201 Å². The van der Waals surface area contributed by atoms with Crippen molar-refractivity contribution in [2.45, 2.75) is 85.6 Å². The lowest BCUT2D eigenvalue weighted by Gasteiger charge is -2.38. The smallest absolute Gasteiger partial charge is 0.312 e. The zero-order valence-electron chi connectivity index (χ0n) is 29.7. The Morgan fingerprint density at radius 2 is 1.60 bits per heavy atom. The predicted molar refractivity (Wildman–Crippen MR) is 184 cm³/mol. The van der Waals surface area contributed by atoms with Crippen LogP contribution in [0.3, 0.4) is 0 Å². The maximum absolute atomic E-state index is 13.9. The van der Waals surface area contributed by atoms with E-state index in [0.717, 1.165) is 6.07 Å². The molecule has 1 amide bonds. The number of phenols is 3. The van der Waals surface area contributed by atoms with Gasteiger partial charge in [0.05, 0.1) is 41.2 Å². The van der Waals surface area contributed by atoms with Crippen molar-refractivity contribution in [1.82, 2.24) is 0 Å². The molecule has 50 heavy (non-hydrogen) atoms. The number of Topliss-reactive ketones (excluding diaryl/α,β-unsaturated/α-hetero) is 1. The van der Waals surface area contributed by atoms with Crippen molar-refractivity contribution in [1.29, 1.82) is 0 Å². The number of hydrogen-bond donors (Lipinski definition) is 6. The number of aromatic hydroxyl groups is 3. The Balaban J connectivity index is 1.87. The van der Waals surface area contributed by atoms with Crippen molar-refractivity contribution < 1.29 is 58.9 Å². The molecule has 0 saturated carbocycles. The summed E-state index contributed by atoms with van der Waals surface area (Å²) in [4.78, 5) is 39.2. The summed E-state index contributed by atoms with van der Waals surface area (Å²) in [6.07, 6.45) is 3.62. The van der Waals surface area contributed by atoms with E-state index in [2.05, 4.69) is 5.32 Å². The molecule has 13 heteroatoms. The van der Waals surface area contributed by atoms with Gasteiger partial charge in [0, 0.05) is 67.2 Å². The fourth-order valence-corrected chi connectivity index (χ4v) is 6.65. The minimum atomic E-state index is -1.98. The number of hydrogen-bond acceptors (Lipinski definition) is 12. The Hall–Kier alpha value is -4.59. The van der Waals surface area contributed by atoms with Crippen LogP contribution in [0.2, 0.25) is 0 Å². The number of esters is 1. The van der Waals surface area contributed by atoms with Crippen LogP contribution >= 0.6 is 0 Å². The Bertz CT molecular complexity index is 1760. The lowest BCUT2D eigenvalue weighted by molar-refractivity contribution is -0.160. The van der Waals surface area contributed by atoms with Crippen LogP contribution < -0.4 is 10.1 Å². The number of aliphatic hydroxyl groups is 2. The van der Waals surface area contributed by atoms with Gasteiger partial charge in [0.2, 0.25) is 0 Å². The molecule has 3 aliphatic heterocycles. The molecule has 0 fully saturated rings. The number of allylic oxidation sites excluding steroid dienone is 2. The summed E-state index contributed by atoms with van der Waals surface area (Å²) in [6, 6.07) is 1.06. The van der Waals surface area contributed by atoms with Gasteiger partial charge in [0.15, 0.2) is 5.75 Å². The third kappa shape index (κ3) is 7.03. The molecule has 0 aromatic heterocycles. The van der Waals surface area contributed by atoms with E-state index in [1.54, 1.807) is 39.8 Å². The highest BCUT2D eigenvalue weighted by atomic mass is 16.7. The van der Waals surface area contributed by atoms with Crippen molar-refractivity contribution in [2.24, 2.45) is 23.7 Å². The molecule has 2 aromatic rings. The van der Waals surface area contributed by atoms with E-state index >= 15 is 0 Å². The van der Waals surface area contributed by atoms with Gasteiger partial charge < -0.3 is 49.8 Å². The first-order valence-corrected chi connectivity index (χ1v) is 16.4. The molecule has 9 unspecified atom stereocenters. The third-order valence-electron chi connectivity index (χ3n) is 9.84. The molecule has 0 aliphatic carbocycles. The molecule has 3 aliphatic rings. The average molecular weight is 698 g/mol. The molecule has 2 aromatic carbocycles. The largest absolute Gasteiger partial charge is 0.507 e. The number of fused-ring (bicyclic) bond motifs is 14. The summed E-state index contributed by atoms with van der Waals surface area (Å²) in [5.74, 6) is -7.99. The Morgan fingerprint density at radius 3 is 2.22 bits per heavy atom. The molecule has 9 atom stereocenters. The maximum atomic E-state index is 13.9. The molecule has 6 N–H and O–H groups in total. The van der Waals surface area contributed by atoms with E-state index in [1.165, 1.54) is 53.2 Å². The number of ketones is 1.